The molecule has 192 valence electrons. The molecule has 4 rings (SSSR count). The minimum absolute atomic E-state index is 0.000911. The third-order valence-corrected chi connectivity index (χ3v) is 7.14. The van der Waals surface area contributed by atoms with Crippen molar-refractivity contribution in [1.82, 2.24) is 0 Å². The highest BCUT2D eigenvalue weighted by Gasteiger charge is 2.31. The predicted molar refractivity (Wildman–Crippen MR) is 132 cm³/mol. The molecule has 1 aliphatic carbocycles. The first-order valence-electron chi connectivity index (χ1n) is 12.6. The van der Waals surface area contributed by atoms with Gasteiger partial charge in [0.05, 0.1) is 6.42 Å². The molecule has 3 aromatic carbocycles. The van der Waals surface area contributed by atoms with Crippen LogP contribution in [-0.2, 0) is 6.42 Å². The van der Waals surface area contributed by atoms with Crippen LogP contribution < -0.4 is 4.74 Å². The largest absolute Gasteiger partial charge is 0.432 e. The van der Waals surface area contributed by atoms with E-state index in [1.165, 1.54) is 25.7 Å². The first-order valence-corrected chi connectivity index (χ1v) is 12.6. The van der Waals surface area contributed by atoms with Crippen molar-refractivity contribution in [2.75, 3.05) is 0 Å². The van der Waals surface area contributed by atoms with Gasteiger partial charge in [-0.3, -0.25) is 0 Å². The first kappa shape index (κ1) is 26.2. The van der Waals surface area contributed by atoms with Gasteiger partial charge >= 0.3 is 6.11 Å². The third kappa shape index (κ3) is 6.65. The lowest BCUT2D eigenvalue weighted by Crippen LogP contribution is -2.25. The molecular formula is C30H31F5O. The summed E-state index contributed by atoms with van der Waals surface area (Å²) in [7, 11) is 0. The van der Waals surface area contributed by atoms with Crippen molar-refractivity contribution in [3.63, 3.8) is 0 Å². The summed E-state index contributed by atoms with van der Waals surface area (Å²) >= 11 is 0. The van der Waals surface area contributed by atoms with Crippen LogP contribution in [0.2, 0.25) is 0 Å². The van der Waals surface area contributed by atoms with E-state index in [1.54, 1.807) is 30.3 Å². The molecule has 36 heavy (non-hydrogen) atoms. The Morgan fingerprint density at radius 2 is 1.53 bits per heavy atom. The van der Waals surface area contributed by atoms with Crippen molar-refractivity contribution in [3.05, 3.63) is 89.2 Å². The number of hydrogen-bond donors (Lipinski definition) is 0. The van der Waals surface area contributed by atoms with Gasteiger partial charge in [-0.25, -0.2) is 13.2 Å². The molecule has 1 aliphatic rings. The molecular weight excluding hydrogens is 471 g/mol. The Kier molecular flexibility index (Phi) is 8.32. The average Bonchev–Trinajstić information content (AvgIpc) is 2.86. The maximum atomic E-state index is 15.0. The summed E-state index contributed by atoms with van der Waals surface area (Å²) < 4.78 is 74.1. The molecule has 1 saturated carbocycles. The molecule has 0 radical (unpaired) electrons. The lowest BCUT2D eigenvalue weighted by Gasteiger charge is -2.28. The van der Waals surface area contributed by atoms with Gasteiger partial charge in [-0.05, 0) is 78.8 Å². The minimum Gasteiger partial charge on any atom is -0.432 e. The van der Waals surface area contributed by atoms with Crippen LogP contribution in [0.3, 0.4) is 0 Å². The van der Waals surface area contributed by atoms with Gasteiger partial charge in [0, 0.05) is 11.6 Å². The van der Waals surface area contributed by atoms with E-state index in [9.17, 15) is 22.0 Å². The maximum absolute atomic E-state index is 15.0. The number of benzene rings is 3. The molecule has 6 heteroatoms. The van der Waals surface area contributed by atoms with Crippen LogP contribution in [0.25, 0.3) is 11.1 Å². The number of rotatable bonds is 9. The van der Waals surface area contributed by atoms with E-state index in [4.69, 9.17) is 0 Å². The SMILES string of the molecule is CCCC1CCC(c2ccc(-c3ccc(CCC(F)(F)Oc4ccc(F)c(F)c4)cc3)c(F)c2)CC1. The van der Waals surface area contributed by atoms with Crippen molar-refractivity contribution >= 4 is 0 Å². The molecule has 0 aromatic heterocycles. The van der Waals surface area contributed by atoms with Gasteiger partial charge in [-0.1, -0.05) is 56.2 Å². The molecule has 3 aromatic rings. The molecule has 0 amide bonds. The van der Waals surface area contributed by atoms with Gasteiger partial charge in [0.15, 0.2) is 11.6 Å². The fourth-order valence-corrected chi connectivity index (χ4v) is 5.12. The van der Waals surface area contributed by atoms with Crippen LogP contribution in [0.1, 0.15) is 68.9 Å². The summed E-state index contributed by atoms with van der Waals surface area (Å²) in [6.07, 6.45) is 2.89. The molecule has 0 aliphatic heterocycles. The number of halogens is 5. The smallest absolute Gasteiger partial charge is 0.398 e. The summed E-state index contributed by atoms with van der Waals surface area (Å²) in [5.74, 6) is -1.90. The van der Waals surface area contributed by atoms with Crippen molar-refractivity contribution in [1.29, 1.82) is 0 Å². The number of ether oxygens (including phenoxy) is 1. The second-order valence-electron chi connectivity index (χ2n) is 9.76. The van der Waals surface area contributed by atoms with Gasteiger partial charge in [-0.2, -0.15) is 8.78 Å². The van der Waals surface area contributed by atoms with Gasteiger partial charge in [-0.15, -0.1) is 0 Å². The summed E-state index contributed by atoms with van der Waals surface area (Å²) in [5, 5.41) is 0. The van der Waals surface area contributed by atoms with Crippen LogP contribution in [0, 0.1) is 23.4 Å². The highest BCUT2D eigenvalue weighted by atomic mass is 19.3. The Morgan fingerprint density at radius 1 is 0.806 bits per heavy atom. The zero-order valence-electron chi connectivity index (χ0n) is 20.4. The van der Waals surface area contributed by atoms with Crippen LogP contribution in [0.15, 0.2) is 60.7 Å². The Bertz CT molecular complexity index is 1150. The standard InChI is InChI=1S/C30H31F5O/c1-2-3-20-4-8-22(9-5-20)24-12-14-26(28(32)18-24)23-10-6-21(7-11-23)16-17-30(34,35)36-25-13-15-27(31)29(33)19-25/h6-7,10-15,18-20,22H,2-5,8-9,16-17H2,1H3. The fraction of sp³-hybridized carbons (Fsp3) is 0.400. The van der Waals surface area contributed by atoms with E-state index < -0.39 is 29.9 Å². The fourth-order valence-electron chi connectivity index (χ4n) is 5.12. The van der Waals surface area contributed by atoms with Crippen molar-refractivity contribution < 1.29 is 26.7 Å². The normalized spacial score (nSPS) is 18.3. The summed E-state index contributed by atoms with van der Waals surface area (Å²) in [4.78, 5) is 0. The Hall–Kier alpha value is -2.89. The quantitative estimate of drug-likeness (QED) is 0.265. The lowest BCUT2D eigenvalue weighted by atomic mass is 9.77. The molecule has 0 N–H and O–H groups in total. The van der Waals surface area contributed by atoms with Crippen LogP contribution in [-0.4, -0.2) is 6.11 Å². The van der Waals surface area contributed by atoms with Crippen molar-refractivity contribution in [3.8, 4) is 16.9 Å². The van der Waals surface area contributed by atoms with E-state index >= 15 is 0 Å². The van der Waals surface area contributed by atoms with E-state index in [0.717, 1.165) is 36.5 Å². The molecule has 0 unspecified atom stereocenters. The number of hydrogen-bond acceptors (Lipinski definition) is 1. The average molecular weight is 503 g/mol. The monoisotopic (exact) mass is 502 g/mol. The van der Waals surface area contributed by atoms with Crippen molar-refractivity contribution in [2.45, 2.75) is 70.3 Å². The number of aryl methyl sites for hydroxylation is 1. The molecule has 0 spiro atoms. The Labute approximate surface area is 209 Å². The zero-order valence-corrected chi connectivity index (χ0v) is 20.4. The second kappa shape index (κ2) is 11.4. The second-order valence-corrected chi connectivity index (χ2v) is 9.76. The summed E-state index contributed by atoms with van der Waals surface area (Å²) in [6.45, 7) is 2.22. The molecule has 1 fully saturated rings. The van der Waals surface area contributed by atoms with E-state index in [0.29, 0.717) is 28.7 Å². The van der Waals surface area contributed by atoms with E-state index in [-0.39, 0.29) is 12.2 Å². The minimum atomic E-state index is -3.56. The third-order valence-electron chi connectivity index (χ3n) is 7.14. The van der Waals surface area contributed by atoms with E-state index in [2.05, 4.69) is 11.7 Å². The Morgan fingerprint density at radius 3 is 2.17 bits per heavy atom. The maximum Gasteiger partial charge on any atom is 0.398 e. The van der Waals surface area contributed by atoms with Crippen LogP contribution in [0.5, 0.6) is 5.75 Å². The predicted octanol–water partition coefficient (Wildman–Crippen LogP) is 9.45. The molecule has 0 atom stereocenters. The lowest BCUT2D eigenvalue weighted by molar-refractivity contribution is -0.180. The molecule has 1 nitrogen and oxygen atoms in total. The van der Waals surface area contributed by atoms with Crippen molar-refractivity contribution in [2.24, 2.45) is 5.92 Å². The Balaban J connectivity index is 1.35. The topological polar surface area (TPSA) is 9.23 Å². The first-order chi connectivity index (χ1) is 17.2. The van der Waals surface area contributed by atoms with Gasteiger partial charge in [0.1, 0.15) is 11.6 Å². The zero-order chi connectivity index (χ0) is 25.7. The molecule has 0 heterocycles. The number of alkyl halides is 2. The highest BCUT2D eigenvalue weighted by Crippen LogP contribution is 2.38. The van der Waals surface area contributed by atoms with Crippen LogP contribution in [0.4, 0.5) is 22.0 Å². The van der Waals surface area contributed by atoms with E-state index in [1.807, 2.05) is 12.1 Å². The van der Waals surface area contributed by atoms with Gasteiger partial charge < -0.3 is 4.74 Å². The summed E-state index contributed by atoms with van der Waals surface area (Å²) in [5.41, 5.74) is 2.84. The highest BCUT2D eigenvalue weighted by molar-refractivity contribution is 5.65. The van der Waals surface area contributed by atoms with Crippen LogP contribution >= 0.6 is 0 Å². The van der Waals surface area contributed by atoms with Gasteiger partial charge in [0.2, 0.25) is 0 Å². The summed E-state index contributed by atoms with van der Waals surface area (Å²) in [6, 6.07) is 14.6. The molecule has 0 bridgehead atoms. The molecule has 0 saturated heterocycles. The van der Waals surface area contributed by atoms with Gasteiger partial charge in [0.25, 0.3) is 0 Å².